The number of rotatable bonds is 1. The molecule has 2 heteroatoms. The lowest BCUT2D eigenvalue weighted by Gasteiger charge is -2.20. The van der Waals surface area contributed by atoms with Crippen LogP contribution in [0, 0.1) is 5.92 Å². The van der Waals surface area contributed by atoms with Gasteiger partial charge in [-0.25, -0.2) is 0 Å². The van der Waals surface area contributed by atoms with Gasteiger partial charge < -0.3 is 4.74 Å². The molecular formula is C12H14O2. The van der Waals surface area contributed by atoms with E-state index in [1.807, 2.05) is 18.2 Å². The zero-order valence-electron chi connectivity index (χ0n) is 8.32. The molecule has 2 nitrogen and oxygen atoms in total. The van der Waals surface area contributed by atoms with Crippen molar-refractivity contribution in [2.24, 2.45) is 5.92 Å². The molecule has 0 amide bonds. The molecule has 0 bridgehead atoms. The molecule has 2 rings (SSSR count). The van der Waals surface area contributed by atoms with Crippen molar-refractivity contribution >= 4 is 5.78 Å². The number of fused-ring (bicyclic) bond motifs is 1. The highest BCUT2D eigenvalue weighted by molar-refractivity contribution is 5.97. The Labute approximate surface area is 83.9 Å². The number of allylic oxidation sites excluding steroid dienone is 5. The van der Waals surface area contributed by atoms with E-state index in [0.717, 1.165) is 24.2 Å². The zero-order chi connectivity index (χ0) is 9.97. The summed E-state index contributed by atoms with van der Waals surface area (Å²) in [4.78, 5) is 11.7. The predicted octanol–water partition coefficient (Wildman–Crippen LogP) is 2.38. The van der Waals surface area contributed by atoms with E-state index in [4.69, 9.17) is 4.74 Å². The second kappa shape index (κ2) is 3.82. The summed E-state index contributed by atoms with van der Waals surface area (Å²) < 4.78 is 5.15. The maximum absolute atomic E-state index is 11.7. The van der Waals surface area contributed by atoms with Crippen molar-refractivity contribution in [3.8, 4) is 0 Å². The van der Waals surface area contributed by atoms with Crippen LogP contribution in [0.3, 0.4) is 0 Å². The van der Waals surface area contributed by atoms with Gasteiger partial charge in [-0.2, -0.15) is 0 Å². The van der Waals surface area contributed by atoms with Crippen LogP contribution < -0.4 is 0 Å². The highest BCUT2D eigenvalue weighted by Crippen LogP contribution is 2.30. The van der Waals surface area contributed by atoms with Gasteiger partial charge in [-0.15, -0.1) is 0 Å². The van der Waals surface area contributed by atoms with E-state index in [1.54, 1.807) is 7.11 Å². The summed E-state index contributed by atoms with van der Waals surface area (Å²) in [5, 5.41) is 0. The Morgan fingerprint density at radius 1 is 1.50 bits per heavy atom. The normalized spacial score (nSPS) is 26.1. The minimum absolute atomic E-state index is 0.274. The summed E-state index contributed by atoms with van der Waals surface area (Å²) in [6.07, 6.45) is 10.6. The van der Waals surface area contributed by atoms with Crippen LogP contribution in [0.25, 0.3) is 0 Å². The van der Waals surface area contributed by atoms with E-state index in [1.165, 1.54) is 0 Å². The van der Waals surface area contributed by atoms with Crippen molar-refractivity contribution < 1.29 is 9.53 Å². The van der Waals surface area contributed by atoms with E-state index in [2.05, 4.69) is 6.08 Å². The molecule has 0 aromatic heterocycles. The fourth-order valence-corrected chi connectivity index (χ4v) is 1.99. The second-order valence-corrected chi connectivity index (χ2v) is 3.68. The maximum atomic E-state index is 11.7. The molecule has 1 atom stereocenters. The van der Waals surface area contributed by atoms with Crippen molar-refractivity contribution in [2.75, 3.05) is 7.11 Å². The Hall–Kier alpha value is -1.31. The van der Waals surface area contributed by atoms with Crippen molar-refractivity contribution in [3.05, 3.63) is 35.6 Å². The smallest absolute Gasteiger partial charge is 0.159 e. The summed E-state index contributed by atoms with van der Waals surface area (Å²) in [5.74, 6) is 1.35. The third kappa shape index (κ3) is 1.65. The first-order valence-electron chi connectivity index (χ1n) is 4.98. The zero-order valence-corrected chi connectivity index (χ0v) is 8.32. The molecule has 14 heavy (non-hydrogen) atoms. The van der Waals surface area contributed by atoms with Crippen LogP contribution in [-0.2, 0) is 9.53 Å². The van der Waals surface area contributed by atoms with Gasteiger partial charge in [0.15, 0.2) is 5.78 Å². The number of carbonyl (C=O) groups is 1. The van der Waals surface area contributed by atoms with Crippen molar-refractivity contribution in [2.45, 2.75) is 19.3 Å². The van der Waals surface area contributed by atoms with Crippen molar-refractivity contribution in [1.29, 1.82) is 0 Å². The lowest BCUT2D eigenvalue weighted by Crippen LogP contribution is -2.17. The van der Waals surface area contributed by atoms with Crippen LogP contribution in [0.5, 0.6) is 0 Å². The van der Waals surface area contributed by atoms with Gasteiger partial charge in [0.05, 0.1) is 7.11 Å². The lowest BCUT2D eigenvalue weighted by atomic mass is 9.83. The standard InChI is InChI=1S/C12H14O2/c1-14-10-6-2-4-9-5-3-7-12(13)11(9)8-10/h2,4,6,8-9H,3,5,7H2,1H3. The van der Waals surface area contributed by atoms with Crippen LogP contribution in [-0.4, -0.2) is 12.9 Å². The number of ketones is 1. The average molecular weight is 190 g/mol. The second-order valence-electron chi connectivity index (χ2n) is 3.68. The molecule has 2 aliphatic carbocycles. The van der Waals surface area contributed by atoms with Gasteiger partial charge in [0.2, 0.25) is 0 Å². The summed E-state index contributed by atoms with van der Waals surface area (Å²) in [7, 11) is 1.63. The highest BCUT2D eigenvalue weighted by atomic mass is 16.5. The molecule has 0 radical (unpaired) electrons. The third-order valence-electron chi connectivity index (χ3n) is 2.78. The Kier molecular flexibility index (Phi) is 2.53. The average Bonchev–Trinajstić information content (AvgIpc) is 2.40. The molecule has 1 saturated carbocycles. The Morgan fingerprint density at radius 2 is 2.36 bits per heavy atom. The topological polar surface area (TPSA) is 26.3 Å². The molecule has 0 N–H and O–H groups in total. The Morgan fingerprint density at radius 3 is 3.14 bits per heavy atom. The van der Waals surface area contributed by atoms with E-state index in [0.29, 0.717) is 12.3 Å². The first-order valence-corrected chi connectivity index (χ1v) is 4.98. The molecule has 2 aliphatic rings. The summed E-state index contributed by atoms with van der Waals surface area (Å²) >= 11 is 0. The number of carbonyl (C=O) groups excluding carboxylic acids is 1. The van der Waals surface area contributed by atoms with Gasteiger partial charge in [-0.05, 0) is 25.0 Å². The van der Waals surface area contributed by atoms with E-state index in [9.17, 15) is 4.79 Å². The van der Waals surface area contributed by atoms with E-state index in [-0.39, 0.29) is 5.78 Å². The highest BCUT2D eigenvalue weighted by Gasteiger charge is 2.24. The minimum atomic E-state index is 0.274. The molecule has 0 spiro atoms. The number of methoxy groups -OCH3 is 1. The van der Waals surface area contributed by atoms with E-state index >= 15 is 0 Å². The number of Topliss-reactive ketones (excluding diaryl/α,β-unsaturated/α-hetero) is 1. The molecule has 0 aromatic carbocycles. The van der Waals surface area contributed by atoms with Crippen LogP contribution in [0.2, 0.25) is 0 Å². The van der Waals surface area contributed by atoms with Crippen LogP contribution in [0.4, 0.5) is 0 Å². The lowest BCUT2D eigenvalue weighted by molar-refractivity contribution is -0.116. The number of hydrogen-bond donors (Lipinski definition) is 0. The monoisotopic (exact) mass is 190 g/mol. The van der Waals surface area contributed by atoms with Gasteiger partial charge in [0.25, 0.3) is 0 Å². The SMILES string of the molecule is COC1=CC=CC2CCCC(=O)C2=C1. The molecule has 0 aliphatic heterocycles. The molecule has 74 valence electrons. The first-order chi connectivity index (χ1) is 6.81. The van der Waals surface area contributed by atoms with Crippen molar-refractivity contribution in [3.63, 3.8) is 0 Å². The maximum Gasteiger partial charge on any atom is 0.159 e. The van der Waals surface area contributed by atoms with Crippen LogP contribution in [0.15, 0.2) is 35.6 Å². The van der Waals surface area contributed by atoms with Crippen molar-refractivity contribution in [1.82, 2.24) is 0 Å². The van der Waals surface area contributed by atoms with Gasteiger partial charge in [-0.3, -0.25) is 4.79 Å². The summed E-state index contributed by atoms with van der Waals surface area (Å²) in [6.45, 7) is 0. The fourth-order valence-electron chi connectivity index (χ4n) is 1.99. The summed E-state index contributed by atoms with van der Waals surface area (Å²) in [6, 6.07) is 0. The number of ether oxygens (including phenoxy) is 1. The molecule has 0 saturated heterocycles. The molecule has 0 aromatic rings. The van der Waals surface area contributed by atoms with Crippen LogP contribution >= 0.6 is 0 Å². The predicted molar refractivity (Wildman–Crippen MR) is 54.7 cm³/mol. The quantitative estimate of drug-likeness (QED) is 0.634. The van der Waals surface area contributed by atoms with Crippen LogP contribution in [0.1, 0.15) is 19.3 Å². The van der Waals surface area contributed by atoms with Gasteiger partial charge in [0, 0.05) is 17.9 Å². The third-order valence-corrected chi connectivity index (χ3v) is 2.78. The molecular weight excluding hydrogens is 176 g/mol. The van der Waals surface area contributed by atoms with E-state index < -0.39 is 0 Å². The van der Waals surface area contributed by atoms with Gasteiger partial charge >= 0.3 is 0 Å². The van der Waals surface area contributed by atoms with Gasteiger partial charge in [-0.1, -0.05) is 12.2 Å². The summed E-state index contributed by atoms with van der Waals surface area (Å²) in [5.41, 5.74) is 0.915. The molecule has 1 fully saturated rings. The Bertz CT molecular complexity index is 334. The first kappa shape index (κ1) is 9.25. The van der Waals surface area contributed by atoms with Gasteiger partial charge in [0.1, 0.15) is 5.76 Å². The largest absolute Gasteiger partial charge is 0.497 e. The Balaban J connectivity index is 2.34. The molecule has 0 heterocycles. The fraction of sp³-hybridized carbons (Fsp3) is 0.417. The minimum Gasteiger partial charge on any atom is -0.497 e. The number of hydrogen-bond acceptors (Lipinski definition) is 2. The molecule has 1 unspecified atom stereocenters.